The second-order valence-electron chi connectivity index (χ2n) is 10.0. The zero-order valence-corrected chi connectivity index (χ0v) is 21.1. The van der Waals surface area contributed by atoms with Gasteiger partial charge in [-0.2, -0.15) is 5.10 Å². The maximum absolute atomic E-state index is 6.71. The summed E-state index contributed by atoms with van der Waals surface area (Å²) in [5.41, 5.74) is 3.56. The maximum Gasteiger partial charge on any atom is 0.227 e. The van der Waals surface area contributed by atoms with Gasteiger partial charge < -0.3 is 14.8 Å². The van der Waals surface area contributed by atoms with Crippen molar-refractivity contribution in [3.63, 3.8) is 0 Å². The molecule has 0 atom stereocenters. The van der Waals surface area contributed by atoms with Gasteiger partial charge in [0.1, 0.15) is 0 Å². The van der Waals surface area contributed by atoms with Crippen LogP contribution >= 0.6 is 11.6 Å². The van der Waals surface area contributed by atoms with Crippen molar-refractivity contribution < 1.29 is 9.47 Å². The molecule has 9 heteroatoms. The Hall–Kier alpha value is -2.26. The lowest BCUT2D eigenvalue weighted by atomic mass is 9.88. The molecule has 34 heavy (non-hydrogen) atoms. The molecule has 2 saturated heterocycles. The smallest absolute Gasteiger partial charge is 0.227 e. The summed E-state index contributed by atoms with van der Waals surface area (Å²) in [6, 6.07) is 4.75. The maximum atomic E-state index is 6.71. The topological polar surface area (TPSA) is 77.3 Å². The second-order valence-corrected chi connectivity index (χ2v) is 10.4. The first-order valence-electron chi connectivity index (χ1n) is 12.0. The van der Waals surface area contributed by atoms with Gasteiger partial charge in [-0.25, -0.2) is 9.97 Å². The summed E-state index contributed by atoms with van der Waals surface area (Å²) < 4.78 is 12.8. The lowest BCUT2D eigenvalue weighted by Gasteiger charge is -2.41. The van der Waals surface area contributed by atoms with E-state index in [1.54, 1.807) is 7.11 Å². The number of anilines is 2. The van der Waals surface area contributed by atoms with Gasteiger partial charge >= 0.3 is 0 Å². The first kappa shape index (κ1) is 23.5. The van der Waals surface area contributed by atoms with Crippen LogP contribution < -0.4 is 5.32 Å². The SMILES string of the molecule is COC(C)(C)Cn1cc(Nc2ncc3cc(Cl)c(C4CCN(C5COC5)CC4)cc3n2)c(C)n1. The predicted molar refractivity (Wildman–Crippen MR) is 134 cm³/mol. The number of ether oxygens (including phenoxy) is 2. The van der Waals surface area contributed by atoms with Crippen molar-refractivity contribution in [3.8, 4) is 0 Å². The highest BCUT2D eigenvalue weighted by Gasteiger charge is 2.30. The molecule has 0 amide bonds. The predicted octanol–water partition coefficient (Wildman–Crippen LogP) is 4.53. The Labute approximate surface area is 205 Å². The van der Waals surface area contributed by atoms with E-state index in [9.17, 15) is 0 Å². The number of fused-ring (bicyclic) bond motifs is 1. The van der Waals surface area contributed by atoms with Crippen LogP contribution in [0.15, 0.2) is 24.5 Å². The number of hydrogen-bond donors (Lipinski definition) is 1. The normalized spacial score (nSPS) is 18.4. The minimum Gasteiger partial charge on any atom is -0.378 e. The van der Waals surface area contributed by atoms with E-state index in [0.29, 0.717) is 24.5 Å². The van der Waals surface area contributed by atoms with Crippen LogP contribution in [-0.4, -0.2) is 69.7 Å². The van der Waals surface area contributed by atoms with Crippen LogP contribution in [0.1, 0.15) is 43.9 Å². The number of aryl methyl sites for hydroxylation is 1. The average Bonchev–Trinajstić information content (AvgIpc) is 3.10. The lowest BCUT2D eigenvalue weighted by molar-refractivity contribution is -0.0712. The summed E-state index contributed by atoms with van der Waals surface area (Å²) in [4.78, 5) is 11.9. The molecule has 3 aromatic rings. The molecular weight excluding hydrogens is 452 g/mol. The third kappa shape index (κ3) is 4.91. The van der Waals surface area contributed by atoms with E-state index >= 15 is 0 Å². The number of piperidine rings is 1. The Kier molecular flexibility index (Phi) is 6.50. The molecule has 0 radical (unpaired) electrons. The van der Waals surface area contributed by atoms with Gasteiger partial charge in [-0.3, -0.25) is 9.58 Å². The highest BCUT2D eigenvalue weighted by molar-refractivity contribution is 6.32. The summed E-state index contributed by atoms with van der Waals surface area (Å²) in [6.45, 7) is 10.6. The first-order valence-corrected chi connectivity index (χ1v) is 12.3. The summed E-state index contributed by atoms with van der Waals surface area (Å²) >= 11 is 6.71. The molecule has 8 nitrogen and oxygen atoms in total. The second kappa shape index (κ2) is 9.41. The van der Waals surface area contributed by atoms with Crippen LogP contribution in [0.5, 0.6) is 0 Å². The van der Waals surface area contributed by atoms with Gasteiger partial charge in [0.15, 0.2) is 0 Å². The van der Waals surface area contributed by atoms with E-state index in [4.69, 9.17) is 26.1 Å². The zero-order valence-electron chi connectivity index (χ0n) is 20.3. The molecule has 5 rings (SSSR count). The molecule has 1 N–H and O–H groups in total. The van der Waals surface area contributed by atoms with Gasteiger partial charge in [-0.05, 0) is 70.3 Å². The van der Waals surface area contributed by atoms with Crippen molar-refractivity contribution >= 4 is 34.1 Å². The van der Waals surface area contributed by atoms with E-state index in [2.05, 4.69) is 26.4 Å². The fourth-order valence-corrected chi connectivity index (χ4v) is 5.07. The Morgan fingerprint density at radius 1 is 1.24 bits per heavy atom. The standard InChI is InChI=1S/C25H33ClN6O2/c1-16-23(12-32(30-16)15-25(2,3)33-4)29-24-27-11-18-9-21(26)20(10-22(18)28-24)17-5-7-31(8-6-17)19-13-34-14-19/h9-12,17,19H,5-8,13-15H2,1-4H3,(H,27,28,29). The molecule has 2 aliphatic rings. The number of hydrogen-bond acceptors (Lipinski definition) is 7. The molecule has 2 aliphatic heterocycles. The molecule has 0 saturated carbocycles. The molecule has 0 bridgehead atoms. The van der Waals surface area contributed by atoms with Gasteiger partial charge in [0, 0.05) is 29.9 Å². The fourth-order valence-electron chi connectivity index (χ4n) is 4.75. The van der Waals surface area contributed by atoms with Crippen molar-refractivity contribution in [1.29, 1.82) is 0 Å². The third-order valence-electron chi connectivity index (χ3n) is 7.09. The minimum absolute atomic E-state index is 0.299. The molecule has 2 fully saturated rings. The molecule has 0 aliphatic carbocycles. The van der Waals surface area contributed by atoms with E-state index in [1.807, 2.05) is 43.9 Å². The van der Waals surface area contributed by atoms with Crippen LogP contribution in [-0.2, 0) is 16.0 Å². The number of nitrogens with one attached hydrogen (secondary N) is 1. The van der Waals surface area contributed by atoms with Crippen molar-refractivity contribution in [2.24, 2.45) is 0 Å². The highest BCUT2D eigenvalue weighted by atomic mass is 35.5. The summed E-state index contributed by atoms with van der Waals surface area (Å²) in [5, 5.41) is 9.69. The Morgan fingerprint density at radius 3 is 2.68 bits per heavy atom. The number of likely N-dealkylation sites (tertiary alicyclic amines) is 1. The zero-order chi connectivity index (χ0) is 23.9. The molecular formula is C25H33ClN6O2. The molecule has 4 heterocycles. The van der Waals surface area contributed by atoms with E-state index in [-0.39, 0.29) is 5.60 Å². The van der Waals surface area contributed by atoms with Crippen LogP contribution in [0.2, 0.25) is 5.02 Å². The molecule has 2 aromatic heterocycles. The third-order valence-corrected chi connectivity index (χ3v) is 7.42. The number of methoxy groups -OCH3 is 1. The van der Waals surface area contributed by atoms with Gasteiger partial charge in [-0.1, -0.05) is 11.6 Å². The molecule has 0 spiro atoms. The van der Waals surface area contributed by atoms with E-state index in [0.717, 1.165) is 66.5 Å². The van der Waals surface area contributed by atoms with Crippen molar-refractivity contribution in [1.82, 2.24) is 24.6 Å². The van der Waals surface area contributed by atoms with Crippen LogP contribution in [0.3, 0.4) is 0 Å². The van der Waals surface area contributed by atoms with Gasteiger partial charge in [-0.15, -0.1) is 0 Å². The fraction of sp³-hybridized carbons (Fsp3) is 0.560. The number of nitrogens with zero attached hydrogens (tertiary/aromatic N) is 5. The number of rotatable bonds is 7. The van der Waals surface area contributed by atoms with Crippen LogP contribution in [0, 0.1) is 6.92 Å². The number of aromatic nitrogens is 4. The largest absolute Gasteiger partial charge is 0.378 e. The van der Waals surface area contributed by atoms with Crippen LogP contribution in [0.25, 0.3) is 10.9 Å². The minimum atomic E-state index is -0.299. The Morgan fingerprint density at radius 2 is 2.00 bits per heavy atom. The first-order chi connectivity index (χ1) is 16.3. The quantitative estimate of drug-likeness (QED) is 0.527. The average molecular weight is 485 g/mol. The Bertz CT molecular complexity index is 1170. The van der Waals surface area contributed by atoms with Gasteiger partial charge in [0.25, 0.3) is 0 Å². The van der Waals surface area contributed by atoms with E-state index in [1.165, 1.54) is 5.56 Å². The molecule has 182 valence electrons. The van der Waals surface area contributed by atoms with Crippen molar-refractivity contribution in [2.75, 3.05) is 38.7 Å². The monoisotopic (exact) mass is 484 g/mol. The molecule has 1 aromatic carbocycles. The number of benzene rings is 1. The number of halogens is 1. The summed E-state index contributed by atoms with van der Waals surface area (Å²) in [6.07, 6.45) is 6.01. The summed E-state index contributed by atoms with van der Waals surface area (Å²) in [7, 11) is 1.71. The Balaban J connectivity index is 1.33. The highest BCUT2D eigenvalue weighted by Crippen LogP contribution is 2.36. The van der Waals surface area contributed by atoms with Crippen LogP contribution in [0.4, 0.5) is 11.6 Å². The lowest BCUT2D eigenvalue weighted by Crippen LogP contribution is -2.51. The van der Waals surface area contributed by atoms with E-state index < -0.39 is 0 Å². The van der Waals surface area contributed by atoms with Crippen molar-refractivity contribution in [3.05, 3.63) is 40.8 Å². The van der Waals surface area contributed by atoms with Gasteiger partial charge in [0.05, 0.1) is 48.3 Å². The van der Waals surface area contributed by atoms with Gasteiger partial charge in [0.2, 0.25) is 5.95 Å². The van der Waals surface area contributed by atoms with Crippen molar-refractivity contribution in [2.45, 2.75) is 57.7 Å². The summed E-state index contributed by atoms with van der Waals surface area (Å²) in [5.74, 6) is 0.999. The molecule has 0 unspecified atom stereocenters.